The first-order valence-electron chi connectivity index (χ1n) is 12.3. The molecule has 0 spiro atoms. The highest BCUT2D eigenvalue weighted by Gasteiger charge is 2.32. The molecule has 0 saturated carbocycles. The zero-order valence-corrected chi connectivity index (χ0v) is 23.7. The molecule has 1 saturated heterocycles. The third-order valence-corrected chi connectivity index (χ3v) is 9.51. The molecular weight excluding hydrogens is 542 g/mol. The van der Waals surface area contributed by atoms with Crippen LogP contribution in [0.2, 0.25) is 5.02 Å². The van der Waals surface area contributed by atoms with Crippen LogP contribution in [0.25, 0.3) is 10.2 Å². The first kappa shape index (κ1) is 26.8. The Morgan fingerprint density at radius 3 is 2.39 bits per heavy atom. The zero-order valence-electron chi connectivity index (χ0n) is 21.3. The summed E-state index contributed by atoms with van der Waals surface area (Å²) >= 11 is 7.66. The number of thiazole rings is 1. The number of amides is 1. The predicted molar refractivity (Wildman–Crippen MR) is 152 cm³/mol. The van der Waals surface area contributed by atoms with E-state index in [0.29, 0.717) is 35.4 Å². The molecular formula is C28H28ClN3O4S2. The van der Waals surface area contributed by atoms with E-state index < -0.39 is 10.0 Å². The number of rotatable bonds is 6. The Morgan fingerprint density at radius 2 is 1.74 bits per heavy atom. The summed E-state index contributed by atoms with van der Waals surface area (Å²) in [6.45, 7) is 6.56. The van der Waals surface area contributed by atoms with E-state index in [2.05, 4.69) is 0 Å². The summed E-state index contributed by atoms with van der Waals surface area (Å²) in [4.78, 5) is 20.4. The molecule has 2 atom stereocenters. The van der Waals surface area contributed by atoms with Crippen molar-refractivity contribution in [1.29, 1.82) is 0 Å². The molecule has 0 radical (unpaired) electrons. The van der Waals surface area contributed by atoms with Crippen LogP contribution in [0.15, 0.2) is 71.6 Å². The number of halogens is 1. The lowest BCUT2D eigenvalue weighted by Crippen LogP contribution is -2.48. The highest BCUT2D eigenvalue weighted by molar-refractivity contribution is 7.89. The molecule has 38 heavy (non-hydrogen) atoms. The lowest BCUT2D eigenvalue weighted by atomic mass is 10.1. The molecule has 1 aromatic heterocycles. The Bertz CT molecular complexity index is 1560. The van der Waals surface area contributed by atoms with Gasteiger partial charge in [-0.1, -0.05) is 53.3 Å². The molecule has 7 nitrogen and oxygen atoms in total. The Hall–Kier alpha value is -2.82. The van der Waals surface area contributed by atoms with Crippen molar-refractivity contribution in [3.63, 3.8) is 0 Å². The smallest absolute Gasteiger partial charge is 0.260 e. The van der Waals surface area contributed by atoms with Crippen molar-refractivity contribution in [3.8, 4) is 0 Å². The maximum Gasteiger partial charge on any atom is 0.260 e. The number of sulfonamides is 1. The fraction of sp³-hybridized carbons (Fsp3) is 0.286. The maximum atomic E-state index is 13.8. The number of fused-ring (bicyclic) bond motifs is 1. The summed E-state index contributed by atoms with van der Waals surface area (Å²) in [5, 5.41) is 1.17. The van der Waals surface area contributed by atoms with Crippen LogP contribution < -0.4 is 4.90 Å². The van der Waals surface area contributed by atoms with Gasteiger partial charge in [-0.15, -0.1) is 0 Å². The molecule has 1 amide bonds. The second kappa shape index (κ2) is 10.7. The van der Waals surface area contributed by atoms with Gasteiger partial charge in [0.25, 0.3) is 5.91 Å². The van der Waals surface area contributed by atoms with E-state index in [1.807, 2.05) is 63.2 Å². The fourth-order valence-electron chi connectivity index (χ4n) is 4.65. The van der Waals surface area contributed by atoms with Gasteiger partial charge in [-0.2, -0.15) is 4.31 Å². The number of anilines is 1. The molecule has 1 aliphatic rings. The number of ether oxygens (including phenoxy) is 1. The molecule has 10 heteroatoms. The van der Waals surface area contributed by atoms with Gasteiger partial charge in [0.1, 0.15) is 0 Å². The molecule has 3 aromatic carbocycles. The summed E-state index contributed by atoms with van der Waals surface area (Å²) in [6.07, 6.45) is -0.374. The molecule has 198 valence electrons. The Balaban J connectivity index is 1.47. The van der Waals surface area contributed by atoms with Gasteiger partial charge >= 0.3 is 0 Å². The predicted octanol–water partition coefficient (Wildman–Crippen LogP) is 5.90. The first-order valence-corrected chi connectivity index (χ1v) is 14.9. The Kier molecular flexibility index (Phi) is 7.57. The van der Waals surface area contributed by atoms with E-state index in [0.717, 1.165) is 21.3 Å². The van der Waals surface area contributed by atoms with Crippen LogP contribution in [-0.2, 0) is 21.3 Å². The number of carbonyl (C=O) groups excluding carboxylic acids is 1. The van der Waals surface area contributed by atoms with Crippen LogP contribution in [0.5, 0.6) is 0 Å². The van der Waals surface area contributed by atoms with Crippen LogP contribution in [0.1, 0.15) is 35.3 Å². The molecule has 2 unspecified atom stereocenters. The van der Waals surface area contributed by atoms with Crippen LogP contribution in [-0.4, -0.2) is 48.9 Å². The van der Waals surface area contributed by atoms with Gasteiger partial charge in [0.15, 0.2) is 5.13 Å². The lowest BCUT2D eigenvalue weighted by Gasteiger charge is -2.34. The number of aromatic nitrogens is 1. The van der Waals surface area contributed by atoms with Gasteiger partial charge in [0.2, 0.25) is 10.0 Å². The SMILES string of the molecule is Cc1cc(Cl)cc2sc(N(Cc3ccccc3)C(=O)c3ccc(S(=O)(=O)N4CC(C)OC(C)C4)cc3)nc12. The number of hydrogen-bond acceptors (Lipinski definition) is 6. The lowest BCUT2D eigenvalue weighted by molar-refractivity contribution is -0.0440. The zero-order chi connectivity index (χ0) is 27.0. The van der Waals surface area contributed by atoms with Crippen LogP contribution in [0.3, 0.4) is 0 Å². The maximum absolute atomic E-state index is 13.8. The largest absolute Gasteiger partial charge is 0.373 e. The second-order valence-corrected chi connectivity index (χ2v) is 12.9. The van der Waals surface area contributed by atoms with Gasteiger partial charge in [-0.05, 0) is 68.3 Å². The van der Waals surface area contributed by atoms with Gasteiger partial charge in [0.05, 0.1) is 33.9 Å². The number of morpholine rings is 1. The molecule has 0 bridgehead atoms. The summed E-state index contributed by atoms with van der Waals surface area (Å²) in [5.41, 5.74) is 3.06. The first-order chi connectivity index (χ1) is 18.1. The van der Waals surface area contributed by atoms with Crippen molar-refractivity contribution >= 4 is 54.2 Å². The third-order valence-electron chi connectivity index (χ3n) is 6.42. The minimum Gasteiger partial charge on any atom is -0.373 e. The minimum atomic E-state index is -3.71. The number of aryl methyl sites for hydroxylation is 1. The minimum absolute atomic E-state index is 0.148. The highest BCUT2D eigenvalue weighted by Crippen LogP contribution is 2.34. The van der Waals surface area contributed by atoms with Crippen LogP contribution >= 0.6 is 22.9 Å². The molecule has 0 N–H and O–H groups in total. The summed E-state index contributed by atoms with van der Waals surface area (Å²) in [5.74, 6) is -0.269. The Labute approximate surface area is 231 Å². The van der Waals surface area contributed by atoms with Crippen LogP contribution in [0, 0.1) is 6.92 Å². The van der Waals surface area contributed by atoms with Gasteiger partial charge in [-0.25, -0.2) is 13.4 Å². The van der Waals surface area contributed by atoms with Gasteiger partial charge in [-0.3, -0.25) is 9.69 Å². The number of nitrogens with zero attached hydrogens (tertiary/aromatic N) is 3. The van der Waals surface area contributed by atoms with Gasteiger partial charge < -0.3 is 4.74 Å². The van der Waals surface area contributed by atoms with Crippen molar-refractivity contribution in [2.75, 3.05) is 18.0 Å². The molecule has 0 aliphatic carbocycles. The van der Waals surface area contributed by atoms with E-state index >= 15 is 0 Å². The number of hydrogen-bond donors (Lipinski definition) is 0. The van der Waals surface area contributed by atoms with Crippen molar-refractivity contribution in [1.82, 2.24) is 9.29 Å². The topological polar surface area (TPSA) is 79.8 Å². The van der Waals surface area contributed by atoms with E-state index in [-0.39, 0.29) is 23.0 Å². The molecule has 1 fully saturated rings. The molecule has 1 aliphatic heterocycles. The standard InChI is InChI=1S/C28H28ClN3O4S2/c1-18-13-23(29)14-25-26(18)30-28(37-25)32(17-21-7-5-4-6-8-21)27(33)22-9-11-24(12-10-22)38(34,35)31-15-19(2)36-20(3)16-31/h4-14,19-20H,15-17H2,1-3H3. The summed E-state index contributed by atoms with van der Waals surface area (Å²) in [6, 6.07) is 19.5. The number of benzene rings is 3. The fourth-order valence-corrected chi connectivity index (χ4v) is 7.66. The normalized spacial score (nSPS) is 18.5. The van der Waals surface area contributed by atoms with Crippen molar-refractivity contribution in [2.24, 2.45) is 0 Å². The average molecular weight is 570 g/mol. The van der Waals surface area contributed by atoms with E-state index in [1.54, 1.807) is 17.0 Å². The van der Waals surface area contributed by atoms with Gasteiger partial charge in [0, 0.05) is 23.7 Å². The van der Waals surface area contributed by atoms with Crippen LogP contribution in [0.4, 0.5) is 5.13 Å². The molecule has 2 heterocycles. The van der Waals surface area contributed by atoms with E-state index in [4.69, 9.17) is 21.3 Å². The summed E-state index contributed by atoms with van der Waals surface area (Å²) in [7, 11) is -3.71. The van der Waals surface area contributed by atoms with Crippen molar-refractivity contribution < 1.29 is 17.9 Å². The van der Waals surface area contributed by atoms with Crippen molar-refractivity contribution in [3.05, 3.63) is 88.4 Å². The Morgan fingerprint density at radius 1 is 1.08 bits per heavy atom. The molecule has 4 aromatic rings. The quantitative estimate of drug-likeness (QED) is 0.289. The molecule has 5 rings (SSSR count). The highest BCUT2D eigenvalue weighted by atomic mass is 35.5. The van der Waals surface area contributed by atoms with E-state index in [9.17, 15) is 13.2 Å². The number of carbonyl (C=O) groups is 1. The van der Waals surface area contributed by atoms with E-state index in [1.165, 1.54) is 27.8 Å². The third kappa shape index (κ3) is 5.48. The van der Waals surface area contributed by atoms with Crippen molar-refractivity contribution in [2.45, 2.75) is 44.4 Å². The monoisotopic (exact) mass is 569 g/mol. The second-order valence-electron chi connectivity index (χ2n) is 9.55. The summed E-state index contributed by atoms with van der Waals surface area (Å²) < 4.78 is 34.6. The average Bonchev–Trinajstić information content (AvgIpc) is 3.31.